The quantitative estimate of drug-likeness (QED) is 0.458. The molecular formula is C7H13Br2N3O2. The van der Waals surface area contributed by atoms with Crippen molar-refractivity contribution in [3.63, 3.8) is 0 Å². The molecule has 1 aliphatic rings. The first-order valence-corrected chi connectivity index (χ1v) is 6.27. The van der Waals surface area contributed by atoms with Crippen molar-refractivity contribution in [2.45, 2.75) is 6.04 Å². The Morgan fingerprint density at radius 2 is 2.07 bits per heavy atom. The Kier molecular flexibility index (Phi) is 10.0. The summed E-state index contributed by atoms with van der Waals surface area (Å²) in [6.45, 7) is 2.00. The van der Waals surface area contributed by atoms with E-state index in [1.807, 2.05) is 0 Å². The summed E-state index contributed by atoms with van der Waals surface area (Å²) < 4.78 is 0. The van der Waals surface area contributed by atoms with Gasteiger partial charge in [0.05, 0.1) is 25.8 Å². The first kappa shape index (κ1) is 14.3. The van der Waals surface area contributed by atoms with Crippen molar-refractivity contribution in [2.24, 2.45) is 5.90 Å². The number of alkyl halides is 2. The van der Waals surface area contributed by atoms with Gasteiger partial charge in [-0.25, -0.2) is 5.90 Å². The molecule has 1 saturated heterocycles. The van der Waals surface area contributed by atoms with Crippen LogP contribution in [0.4, 0.5) is 0 Å². The van der Waals surface area contributed by atoms with Gasteiger partial charge in [0.25, 0.3) is 0 Å². The van der Waals surface area contributed by atoms with Gasteiger partial charge in [-0.1, -0.05) is 31.9 Å². The largest absolute Gasteiger partial charge is 0.304 e. The predicted octanol–water partition coefficient (Wildman–Crippen LogP) is 0.792. The first-order chi connectivity index (χ1) is 6.79. The lowest BCUT2D eigenvalue weighted by Crippen LogP contribution is -2.04. The van der Waals surface area contributed by atoms with E-state index in [1.165, 1.54) is 0 Å². The van der Waals surface area contributed by atoms with Gasteiger partial charge in [0.15, 0.2) is 0 Å². The number of hydroxylamine groups is 2. The average Bonchev–Trinajstić information content (AvgIpc) is 2.95. The summed E-state index contributed by atoms with van der Waals surface area (Å²) in [6, 6.07) is 2.10. The van der Waals surface area contributed by atoms with E-state index in [1.54, 1.807) is 5.06 Å². The fraction of sp³-hybridized carbons (Fsp3) is 0.857. The molecular weight excluding hydrogens is 318 g/mol. The van der Waals surface area contributed by atoms with Crippen molar-refractivity contribution in [3.8, 4) is 6.07 Å². The number of nitrogens with zero attached hydrogens (tertiary/aromatic N) is 2. The van der Waals surface area contributed by atoms with Crippen molar-refractivity contribution in [1.82, 2.24) is 5.06 Å². The third-order valence-corrected chi connectivity index (χ3v) is 1.89. The Morgan fingerprint density at radius 1 is 1.43 bits per heavy atom. The molecule has 0 aliphatic carbocycles. The second-order valence-electron chi connectivity index (χ2n) is 2.33. The number of hydrogen-bond acceptors (Lipinski definition) is 5. The SMILES string of the molecule is N#CC1CN1OCCBr.NOCCBr. The van der Waals surface area contributed by atoms with Crippen LogP contribution in [0.3, 0.4) is 0 Å². The summed E-state index contributed by atoms with van der Waals surface area (Å²) in [7, 11) is 0. The molecule has 1 heterocycles. The van der Waals surface area contributed by atoms with Gasteiger partial charge >= 0.3 is 0 Å². The molecule has 7 heteroatoms. The lowest BCUT2D eigenvalue weighted by Gasteiger charge is -1.97. The number of halogens is 2. The van der Waals surface area contributed by atoms with Gasteiger partial charge in [-0.2, -0.15) is 10.3 Å². The van der Waals surface area contributed by atoms with Gasteiger partial charge in [-0.15, -0.1) is 0 Å². The fourth-order valence-corrected chi connectivity index (χ4v) is 0.899. The Morgan fingerprint density at radius 3 is 2.36 bits per heavy atom. The maximum absolute atomic E-state index is 8.29. The van der Waals surface area contributed by atoms with Gasteiger partial charge in [0, 0.05) is 10.7 Å². The molecule has 0 aromatic carbocycles. The number of hydrogen-bond donors (Lipinski definition) is 1. The molecule has 0 amide bonds. The van der Waals surface area contributed by atoms with Crippen LogP contribution < -0.4 is 5.90 Å². The highest BCUT2D eigenvalue weighted by atomic mass is 79.9. The van der Waals surface area contributed by atoms with Crippen molar-refractivity contribution in [3.05, 3.63) is 0 Å². The lowest BCUT2D eigenvalue weighted by molar-refractivity contribution is -0.0615. The summed E-state index contributed by atoms with van der Waals surface area (Å²) in [5, 5.41) is 11.6. The molecule has 5 nitrogen and oxygen atoms in total. The van der Waals surface area contributed by atoms with Gasteiger partial charge < -0.3 is 4.84 Å². The molecule has 1 rings (SSSR count). The van der Waals surface area contributed by atoms with Crippen LogP contribution in [0.1, 0.15) is 0 Å². The summed E-state index contributed by atoms with van der Waals surface area (Å²) >= 11 is 6.32. The molecule has 82 valence electrons. The maximum atomic E-state index is 8.29. The van der Waals surface area contributed by atoms with Crippen LogP contribution in [-0.4, -0.2) is 41.5 Å². The monoisotopic (exact) mass is 329 g/mol. The third kappa shape index (κ3) is 7.67. The van der Waals surface area contributed by atoms with E-state index in [4.69, 9.17) is 10.1 Å². The summed E-state index contributed by atoms with van der Waals surface area (Å²) in [5.74, 6) is 4.61. The zero-order valence-electron chi connectivity index (χ0n) is 7.66. The molecule has 0 saturated carbocycles. The third-order valence-electron chi connectivity index (χ3n) is 1.25. The average molecular weight is 331 g/mol. The second-order valence-corrected chi connectivity index (χ2v) is 3.91. The van der Waals surface area contributed by atoms with Crippen LogP contribution in [0, 0.1) is 11.3 Å². The van der Waals surface area contributed by atoms with Gasteiger partial charge in [0.1, 0.15) is 6.04 Å². The Labute approximate surface area is 100 Å². The van der Waals surface area contributed by atoms with Crippen LogP contribution >= 0.6 is 31.9 Å². The van der Waals surface area contributed by atoms with E-state index in [2.05, 4.69) is 48.7 Å². The molecule has 0 aromatic heterocycles. The van der Waals surface area contributed by atoms with Crippen LogP contribution in [-0.2, 0) is 9.68 Å². The van der Waals surface area contributed by atoms with E-state index < -0.39 is 0 Å². The zero-order chi connectivity index (χ0) is 10.8. The summed E-state index contributed by atoms with van der Waals surface area (Å²) in [4.78, 5) is 9.21. The molecule has 2 atom stereocenters. The highest BCUT2D eigenvalue weighted by molar-refractivity contribution is 9.09. The van der Waals surface area contributed by atoms with Crippen molar-refractivity contribution in [1.29, 1.82) is 5.26 Å². The Balaban J connectivity index is 0.000000292. The van der Waals surface area contributed by atoms with Crippen LogP contribution in [0.25, 0.3) is 0 Å². The molecule has 0 aromatic rings. The van der Waals surface area contributed by atoms with Crippen LogP contribution in [0.5, 0.6) is 0 Å². The normalized spacial score (nSPS) is 23.3. The van der Waals surface area contributed by atoms with E-state index in [0.29, 0.717) is 13.2 Å². The second kappa shape index (κ2) is 9.83. The molecule has 1 fully saturated rings. The molecule has 2 unspecified atom stereocenters. The smallest absolute Gasteiger partial charge is 0.137 e. The van der Waals surface area contributed by atoms with Gasteiger partial charge in [-0.05, 0) is 0 Å². The predicted molar refractivity (Wildman–Crippen MR) is 59.8 cm³/mol. The molecule has 0 radical (unpaired) electrons. The van der Waals surface area contributed by atoms with Crippen molar-refractivity contribution >= 4 is 31.9 Å². The Hall–Kier alpha value is 0.290. The molecule has 14 heavy (non-hydrogen) atoms. The van der Waals surface area contributed by atoms with Crippen molar-refractivity contribution < 1.29 is 9.68 Å². The summed E-state index contributed by atoms with van der Waals surface area (Å²) in [5.41, 5.74) is 0. The van der Waals surface area contributed by atoms with Crippen molar-refractivity contribution in [2.75, 3.05) is 30.4 Å². The lowest BCUT2D eigenvalue weighted by atomic mass is 10.6. The zero-order valence-corrected chi connectivity index (χ0v) is 10.8. The topological polar surface area (TPSA) is 71.3 Å². The molecule has 2 N–H and O–H groups in total. The number of nitriles is 1. The highest BCUT2D eigenvalue weighted by Crippen LogP contribution is 2.15. The molecule has 0 spiro atoms. The molecule has 1 aliphatic heterocycles. The van der Waals surface area contributed by atoms with E-state index in [0.717, 1.165) is 17.2 Å². The van der Waals surface area contributed by atoms with E-state index >= 15 is 0 Å². The van der Waals surface area contributed by atoms with E-state index in [-0.39, 0.29) is 6.04 Å². The Bertz CT molecular complexity index is 175. The maximum Gasteiger partial charge on any atom is 0.137 e. The summed E-state index contributed by atoms with van der Waals surface area (Å²) in [6.07, 6.45) is 0. The molecule has 0 bridgehead atoms. The minimum Gasteiger partial charge on any atom is -0.304 e. The first-order valence-electron chi connectivity index (χ1n) is 4.03. The minimum absolute atomic E-state index is 0.0176. The van der Waals surface area contributed by atoms with Crippen LogP contribution in [0.2, 0.25) is 0 Å². The highest BCUT2D eigenvalue weighted by Gasteiger charge is 2.35. The number of rotatable bonds is 5. The van der Waals surface area contributed by atoms with Gasteiger partial charge in [0.2, 0.25) is 0 Å². The minimum atomic E-state index is 0.0176. The van der Waals surface area contributed by atoms with E-state index in [9.17, 15) is 0 Å². The standard InChI is InChI=1S/C5H7BrN2O.C2H6BrNO/c6-1-2-9-8-4-5(8)3-7;3-1-2-5-4/h5H,1-2,4H2;1-2,4H2. The number of nitrogens with two attached hydrogens (primary N) is 1. The van der Waals surface area contributed by atoms with Crippen LogP contribution in [0.15, 0.2) is 0 Å². The fourth-order valence-electron chi connectivity index (χ4n) is 0.568. The van der Waals surface area contributed by atoms with Gasteiger partial charge in [-0.3, -0.25) is 4.84 Å².